The second kappa shape index (κ2) is 4.71. The number of hydrogen-bond acceptors (Lipinski definition) is 5. The first-order valence-corrected chi connectivity index (χ1v) is 4.36. The first-order chi connectivity index (χ1) is 6.58. The Morgan fingerprint density at radius 2 is 2.43 bits per heavy atom. The number of hydrogen-bond donors (Lipinski definition) is 2. The summed E-state index contributed by atoms with van der Waals surface area (Å²) in [5.74, 6) is 0.227. The summed E-state index contributed by atoms with van der Waals surface area (Å²) in [5, 5.41) is 14.9. The van der Waals surface area contributed by atoms with E-state index < -0.39 is 6.10 Å². The van der Waals surface area contributed by atoms with E-state index in [2.05, 4.69) is 20.0 Å². The number of nitrogens with zero attached hydrogens (tertiary/aromatic N) is 2. The van der Waals surface area contributed by atoms with Crippen LogP contribution in [0.3, 0.4) is 0 Å². The number of nitrogens with one attached hydrogen (secondary N) is 1. The molecular formula is C8H13N3O3. The van der Waals surface area contributed by atoms with Crippen LogP contribution in [0.25, 0.3) is 0 Å². The zero-order chi connectivity index (χ0) is 10.6. The van der Waals surface area contributed by atoms with Crippen LogP contribution in [-0.2, 0) is 4.79 Å². The van der Waals surface area contributed by atoms with Crippen molar-refractivity contribution in [3.8, 4) is 0 Å². The summed E-state index contributed by atoms with van der Waals surface area (Å²) in [6.45, 7) is 3.29. The Bertz CT molecular complexity index is 309. The Morgan fingerprint density at radius 1 is 1.71 bits per heavy atom. The highest BCUT2D eigenvalue weighted by molar-refractivity contribution is 5.88. The molecule has 0 aromatic carbocycles. The van der Waals surface area contributed by atoms with Crippen molar-refractivity contribution in [2.24, 2.45) is 0 Å². The lowest BCUT2D eigenvalue weighted by Gasteiger charge is -2.02. The SMILES string of the molecule is Cc1noc(NC(=O)CCC(C)O)n1. The molecule has 0 aliphatic carbocycles. The minimum absolute atomic E-state index is 0.0955. The highest BCUT2D eigenvalue weighted by Crippen LogP contribution is 2.04. The summed E-state index contributed by atoms with van der Waals surface area (Å²) in [5.41, 5.74) is 0. The highest BCUT2D eigenvalue weighted by atomic mass is 16.5. The van der Waals surface area contributed by atoms with E-state index in [0.717, 1.165) is 0 Å². The number of carbonyl (C=O) groups excluding carboxylic acids is 1. The summed E-state index contributed by atoms with van der Waals surface area (Å²) >= 11 is 0. The van der Waals surface area contributed by atoms with Crippen LogP contribution in [0.1, 0.15) is 25.6 Å². The molecule has 1 amide bonds. The van der Waals surface area contributed by atoms with Crippen LogP contribution in [-0.4, -0.2) is 27.3 Å². The normalized spacial score (nSPS) is 12.5. The Balaban J connectivity index is 2.34. The van der Waals surface area contributed by atoms with Crippen molar-refractivity contribution >= 4 is 11.9 Å². The molecule has 78 valence electrons. The molecule has 1 aromatic rings. The number of aliphatic hydroxyl groups is 1. The molecule has 14 heavy (non-hydrogen) atoms. The second-order valence-electron chi connectivity index (χ2n) is 3.08. The van der Waals surface area contributed by atoms with Crippen molar-refractivity contribution in [2.75, 3.05) is 5.32 Å². The minimum atomic E-state index is -0.481. The van der Waals surface area contributed by atoms with Gasteiger partial charge in [-0.25, -0.2) is 0 Å². The number of amides is 1. The van der Waals surface area contributed by atoms with E-state index >= 15 is 0 Å². The van der Waals surface area contributed by atoms with E-state index in [0.29, 0.717) is 12.2 Å². The quantitative estimate of drug-likeness (QED) is 0.736. The summed E-state index contributed by atoms with van der Waals surface area (Å²) in [6, 6.07) is 0.0955. The summed E-state index contributed by atoms with van der Waals surface area (Å²) < 4.78 is 4.69. The number of aryl methyl sites for hydroxylation is 1. The van der Waals surface area contributed by atoms with Gasteiger partial charge < -0.3 is 9.63 Å². The van der Waals surface area contributed by atoms with Gasteiger partial charge >= 0.3 is 6.01 Å². The standard InChI is InChI=1S/C8H13N3O3/c1-5(12)3-4-7(13)10-8-9-6(2)11-14-8/h5,12H,3-4H2,1-2H3,(H,9,10,11,13). The van der Waals surface area contributed by atoms with Crippen molar-refractivity contribution < 1.29 is 14.4 Å². The predicted octanol–water partition coefficient (Wildman–Crippen LogP) is 0.478. The van der Waals surface area contributed by atoms with Crippen molar-refractivity contribution in [3.63, 3.8) is 0 Å². The lowest BCUT2D eigenvalue weighted by molar-refractivity contribution is -0.116. The molecule has 1 unspecified atom stereocenters. The number of aromatic nitrogens is 2. The average molecular weight is 199 g/mol. The van der Waals surface area contributed by atoms with Crippen molar-refractivity contribution in [3.05, 3.63) is 5.82 Å². The molecule has 1 atom stereocenters. The van der Waals surface area contributed by atoms with Crippen LogP contribution in [0, 0.1) is 6.92 Å². The molecule has 2 N–H and O–H groups in total. The summed E-state index contributed by atoms with van der Waals surface area (Å²) in [7, 11) is 0. The average Bonchev–Trinajstić information content (AvgIpc) is 2.48. The van der Waals surface area contributed by atoms with Gasteiger partial charge in [0, 0.05) is 6.42 Å². The van der Waals surface area contributed by atoms with E-state index in [1.807, 2.05) is 0 Å². The van der Waals surface area contributed by atoms with E-state index in [-0.39, 0.29) is 18.3 Å². The highest BCUT2D eigenvalue weighted by Gasteiger charge is 2.08. The fraction of sp³-hybridized carbons (Fsp3) is 0.625. The second-order valence-corrected chi connectivity index (χ2v) is 3.08. The molecule has 0 fully saturated rings. The first kappa shape index (κ1) is 10.6. The number of aliphatic hydroxyl groups excluding tert-OH is 1. The molecule has 6 nitrogen and oxygen atoms in total. The predicted molar refractivity (Wildman–Crippen MR) is 48.6 cm³/mol. The smallest absolute Gasteiger partial charge is 0.328 e. The molecule has 0 aliphatic heterocycles. The van der Waals surface area contributed by atoms with Gasteiger partial charge in [-0.3, -0.25) is 10.1 Å². The van der Waals surface area contributed by atoms with Crippen molar-refractivity contribution in [2.45, 2.75) is 32.8 Å². The van der Waals surface area contributed by atoms with Gasteiger partial charge in [0.15, 0.2) is 5.82 Å². The molecule has 6 heteroatoms. The summed E-state index contributed by atoms with van der Waals surface area (Å²) in [6.07, 6.45) is 0.170. The molecule has 0 bridgehead atoms. The topological polar surface area (TPSA) is 88.2 Å². The molecule has 0 radical (unpaired) electrons. The Morgan fingerprint density at radius 3 is 2.93 bits per heavy atom. The number of rotatable bonds is 4. The van der Waals surface area contributed by atoms with Gasteiger partial charge in [-0.2, -0.15) is 4.98 Å². The fourth-order valence-electron chi connectivity index (χ4n) is 0.870. The van der Waals surface area contributed by atoms with Crippen molar-refractivity contribution in [1.29, 1.82) is 0 Å². The zero-order valence-electron chi connectivity index (χ0n) is 8.15. The maximum Gasteiger partial charge on any atom is 0.328 e. The molecule has 1 rings (SSSR count). The van der Waals surface area contributed by atoms with Crippen LogP contribution in [0.15, 0.2) is 4.52 Å². The van der Waals surface area contributed by atoms with Gasteiger partial charge in [-0.05, 0) is 20.3 Å². The molecular weight excluding hydrogens is 186 g/mol. The van der Waals surface area contributed by atoms with Crippen LogP contribution < -0.4 is 5.32 Å². The van der Waals surface area contributed by atoms with Crippen LogP contribution >= 0.6 is 0 Å². The van der Waals surface area contributed by atoms with Gasteiger partial charge in [0.2, 0.25) is 5.91 Å². The third-order valence-electron chi connectivity index (χ3n) is 1.56. The lowest BCUT2D eigenvalue weighted by atomic mass is 10.2. The maximum absolute atomic E-state index is 11.2. The maximum atomic E-state index is 11.2. The zero-order valence-corrected chi connectivity index (χ0v) is 8.15. The summed E-state index contributed by atoms with van der Waals surface area (Å²) in [4.78, 5) is 15.0. The van der Waals surface area contributed by atoms with Crippen LogP contribution in [0.5, 0.6) is 0 Å². The number of anilines is 1. The minimum Gasteiger partial charge on any atom is -0.393 e. The van der Waals surface area contributed by atoms with E-state index in [1.54, 1.807) is 13.8 Å². The lowest BCUT2D eigenvalue weighted by Crippen LogP contribution is -2.14. The van der Waals surface area contributed by atoms with Crippen LogP contribution in [0.2, 0.25) is 0 Å². The molecule has 0 spiro atoms. The Labute approximate surface area is 81.3 Å². The molecule has 0 aliphatic rings. The Hall–Kier alpha value is -1.43. The van der Waals surface area contributed by atoms with Gasteiger partial charge in [0.05, 0.1) is 6.10 Å². The largest absolute Gasteiger partial charge is 0.393 e. The third-order valence-corrected chi connectivity index (χ3v) is 1.56. The van der Waals surface area contributed by atoms with E-state index in [1.165, 1.54) is 0 Å². The molecule has 1 heterocycles. The first-order valence-electron chi connectivity index (χ1n) is 4.36. The van der Waals surface area contributed by atoms with Gasteiger partial charge in [-0.1, -0.05) is 5.16 Å². The monoisotopic (exact) mass is 199 g/mol. The molecule has 0 saturated heterocycles. The van der Waals surface area contributed by atoms with Crippen LogP contribution in [0.4, 0.5) is 6.01 Å². The third kappa shape index (κ3) is 3.53. The number of carbonyl (C=O) groups is 1. The fourth-order valence-corrected chi connectivity index (χ4v) is 0.870. The van der Waals surface area contributed by atoms with E-state index in [9.17, 15) is 4.79 Å². The Kier molecular flexibility index (Phi) is 3.58. The van der Waals surface area contributed by atoms with Crippen molar-refractivity contribution in [1.82, 2.24) is 10.1 Å². The van der Waals surface area contributed by atoms with Gasteiger partial charge in [0.1, 0.15) is 0 Å². The van der Waals surface area contributed by atoms with Gasteiger partial charge in [0.25, 0.3) is 0 Å². The molecule has 1 aromatic heterocycles. The van der Waals surface area contributed by atoms with Gasteiger partial charge in [-0.15, -0.1) is 0 Å². The molecule has 0 saturated carbocycles. The van der Waals surface area contributed by atoms with E-state index in [4.69, 9.17) is 5.11 Å².